The van der Waals surface area contributed by atoms with E-state index in [0.29, 0.717) is 18.5 Å². The van der Waals surface area contributed by atoms with Crippen LogP contribution in [0.2, 0.25) is 0 Å². The lowest BCUT2D eigenvalue weighted by molar-refractivity contribution is -0.127. The largest absolute Gasteiger partial charge is 0.396 e. The van der Waals surface area contributed by atoms with Crippen molar-refractivity contribution < 1.29 is 14.3 Å². The molecule has 1 rings (SSSR count). The van der Waals surface area contributed by atoms with Gasteiger partial charge in [0.2, 0.25) is 5.91 Å². The summed E-state index contributed by atoms with van der Waals surface area (Å²) in [6.07, 6.45) is 0.424. The average molecular weight is 332 g/mol. The first kappa shape index (κ1) is 16.1. The summed E-state index contributed by atoms with van der Waals surface area (Å²) < 4.78 is 14.3. The van der Waals surface area contributed by atoms with Crippen LogP contribution < -0.4 is 5.32 Å². The fourth-order valence-corrected chi connectivity index (χ4v) is 2.19. The molecule has 1 atom stereocenters. The van der Waals surface area contributed by atoms with Crippen LogP contribution in [0.4, 0.5) is 4.39 Å². The highest BCUT2D eigenvalue weighted by atomic mass is 79.9. The number of carbonyl (C=O) groups excluding carboxylic acids is 1. The number of hydrogen-bond acceptors (Lipinski definition) is 2. The molecule has 0 fully saturated rings. The molecule has 1 amide bonds. The fourth-order valence-electron chi connectivity index (χ4n) is 1.78. The van der Waals surface area contributed by atoms with Gasteiger partial charge in [-0.2, -0.15) is 0 Å². The van der Waals surface area contributed by atoms with Crippen molar-refractivity contribution in [3.8, 4) is 0 Å². The smallest absolute Gasteiger partial charge is 0.225 e. The van der Waals surface area contributed by atoms with Gasteiger partial charge in [0.15, 0.2) is 0 Å². The summed E-state index contributed by atoms with van der Waals surface area (Å²) in [5, 5.41) is 11.9. The number of carbonyl (C=O) groups is 1. The van der Waals surface area contributed by atoms with E-state index in [4.69, 9.17) is 5.11 Å². The number of amides is 1. The van der Waals surface area contributed by atoms with Crippen LogP contribution in [-0.2, 0) is 11.2 Å². The molecular weight excluding hydrogens is 313 g/mol. The summed E-state index contributed by atoms with van der Waals surface area (Å²) in [5.74, 6) is -0.798. The molecule has 2 N–H and O–H groups in total. The molecule has 0 spiro atoms. The van der Waals surface area contributed by atoms with Gasteiger partial charge in [0.25, 0.3) is 0 Å². The molecule has 1 aromatic carbocycles. The molecule has 0 aliphatic rings. The summed E-state index contributed by atoms with van der Waals surface area (Å²) >= 11 is 3.28. The second kappa shape index (κ2) is 7.60. The maximum absolute atomic E-state index is 13.5. The predicted molar refractivity (Wildman–Crippen MR) is 76.2 cm³/mol. The summed E-state index contributed by atoms with van der Waals surface area (Å²) in [4.78, 5) is 11.8. The Bertz CT molecular complexity index is 437. The van der Waals surface area contributed by atoms with Crippen LogP contribution in [0, 0.1) is 17.7 Å². The minimum absolute atomic E-state index is 0.0765. The SMILES string of the molecule is CC(C)C(CO)C(=O)NCCc1cc(Br)ccc1F. The molecule has 1 unspecified atom stereocenters. The second-order valence-electron chi connectivity index (χ2n) is 4.81. The number of benzene rings is 1. The minimum atomic E-state index is -0.410. The molecule has 106 valence electrons. The predicted octanol–water partition coefficient (Wildman–Crippen LogP) is 2.51. The highest BCUT2D eigenvalue weighted by molar-refractivity contribution is 9.10. The number of halogens is 2. The molecule has 19 heavy (non-hydrogen) atoms. The molecule has 5 heteroatoms. The highest BCUT2D eigenvalue weighted by Crippen LogP contribution is 2.16. The third kappa shape index (κ3) is 4.91. The van der Waals surface area contributed by atoms with Gasteiger partial charge in [-0.05, 0) is 36.1 Å². The zero-order chi connectivity index (χ0) is 14.4. The van der Waals surface area contributed by atoms with E-state index in [1.165, 1.54) is 6.07 Å². The molecule has 0 saturated heterocycles. The minimum Gasteiger partial charge on any atom is -0.396 e. The number of aliphatic hydroxyl groups is 1. The van der Waals surface area contributed by atoms with Gasteiger partial charge in [0.05, 0.1) is 12.5 Å². The Morgan fingerprint density at radius 1 is 1.47 bits per heavy atom. The molecule has 0 bridgehead atoms. The lowest BCUT2D eigenvalue weighted by atomic mass is 9.96. The topological polar surface area (TPSA) is 49.3 Å². The van der Waals surface area contributed by atoms with Crippen LogP contribution in [-0.4, -0.2) is 24.2 Å². The van der Waals surface area contributed by atoms with Crippen molar-refractivity contribution in [1.82, 2.24) is 5.32 Å². The molecule has 0 radical (unpaired) electrons. The van der Waals surface area contributed by atoms with Crippen molar-refractivity contribution >= 4 is 21.8 Å². The van der Waals surface area contributed by atoms with Gasteiger partial charge in [-0.25, -0.2) is 4.39 Å². The van der Waals surface area contributed by atoms with E-state index >= 15 is 0 Å². The summed E-state index contributed by atoms with van der Waals surface area (Å²) in [6, 6.07) is 4.73. The van der Waals surface area contributed by atoms with Crippen LogP contribution in [0.25, 0.3) is 0 Å². The van der Waals surface area contributed by atoms with E-state index in [-0.39, 0.29) is 24.2 Å². The monoisotopic (exact) mass is 331 g/mol. The first-order chi connectivity index (χ1) is 8.95. The second-order valence-corrected chi connectivity index (χ2v) is 5.73. The Morgan fingerprint density at radius 3 is 2.74 bits per heavy atom. The number of hydrogen-bond donors (Lipinski definition) is 2. The van der Waals surface area contributed by atoms with Crippen LogP contribution in [0.3, 0.4) is 0 Å². The van der Waals surface area contributed by atoms with E-state index in [0.717, 1.165) is 4.47 Å². The van der Waals surface area contributed by atoms with Crippen LogP contribution >= 0.6 is 15.9 Å². The van der Waals surface area contributed by atoms with Crippen molar-refractivity contribution in [1.29, 1.82) is 0 Å². The van der Waals surface area contributed by atoms with Crippen molar-refractivity contribution in [2.24, 2.45) is 11.8 Å². The summed E-state index contributed by atoms with van der Waals surface area (Å²) in [6.45, 7) is 3.95. The Balaban J connectivity index is 2.50. The van der Waals surface area contributed by atoms with Gasteiger partial charge in [-0.15, -0.1) is 0 Å². The van der Waals surface area contributed by atoms with E-state index in [1.807, 2.05) is 13.8 Å². The molecule has 0 heterocycles. The zero-order valence-corrected chi connectivity index (χ0v) is 12.7. The summed E-state index contributed by atoms with van der Waals surface area (Å²) in [7, 11) is 0. The van der Waals surface area contributed by atoms with E-state index in [2.05, 4.69) is 21.2 Å². The Hall–Kier alpha value is -0.940. The summed E-state index contributed by atoms with van der Waals surface area (Å²) in [5.41, 5.74) is 0.555. The van der Waals surface area contributed by atoms with Gasteiger partial charge in [-0.3, -0.25) is 4.79 Å². The van der Waals surface area contributed by atoms with Gasteiger partial charge >= 0.3 is 0 Å². The molecule has 1 aromatic rings. The first-order valence-electron chi connectivity index (χ1n) is 6.28. The van der Waals surface area contributed by atoms with Gasteiger partial charge in [0.1, 0.15) is 5.82 Å². The molecule has 0 aliphatic carbocycles. The van der Waals surface area contributed by atoms with E-state index in [1.54, 1.807) is 12.1 Å². The Kier molecular flexibility index (Phi) is 6.45. The van der Waals surface area contributed by atoms with Gasteiger partial charge < -0.3 is 10.4 Å². The number of rotatable bonds is 6. The zero-order valence-electron chi connectivity index (χ0n) is 11.1. The Labute approximate surface area is 121 Å². The lowest BCUT2D eigenvalue weighted by Gasteiger charge is -2.17. The normalized spacial score (nSPS) is 12.5. The fraction of sp³-hybridized carbons (Fsp3) is 0.500. The maximum atomic E-state index is 13.5. The standard InChI is InChI=1S/C14H19BrFNO2/c1-9(2)12(8-18)14(19)17-6-5-10-7-11(15)3-4-13(10)16/h3-4,7,9,12,18H,5-6,8H2,1-2H3,(H,17,19). The third-order valence-electron chi connectivity index (χ3n) is 3.04. The quantitative estimate of drug-likeness (QED) is 0.841. The van der Waals surface area contributed by atoms with E-state index in [9.17, 15) is 9.18 Å². The first-order valence-corrected chi connectivity index (χ1v) is 7.07. The number of nitrogens with one attached hydrogen (secondary N) is 1. The molecule has 0 aliphatic heterocycles. The molecule has 3 nitrogen and oxygen atoms in total. The highest BCUT2D eigenvalue weighted by Gasteiger charge is 2.20. The van der Waals surface area contributed by atoms with Crippen molar-refractivity contribution in [3.63, 3.8) is 0 Å². The van der Waals surface area contributed by atoms with Gasteiger partial charge in [0, 0.05) is 11.0 Å². The maximum Gasteiger partial charge on any atom is 0.225 e. The lowest BCUT2D eigenvalue weighted by Crippen LogP contribution is -2.36. The van der Waals surface area contributed by atoms with E-state index < -0.39 is 5.92 Å². The molecule has 0 saturated carbocycles. The van der Waals surface area contributed by atoms with Crippen molar-refractivity contribution in [3.05, 3.63) is 34.1 Å². The molecule has 0 aromatic heterocycles. The van der Waals surface area contributed by atoms with Gasteiger partial charge in [-0.1, -0.05) is 29.8 Å². The van der Waals surface area contributed by atoms with Crippen molar-refractivity contribution in [2.75, 3.05) is 13.2 Å². The molecular formula is C14H19BrFNO2. The third-order valence-corrected chi connectivity index (χ3v) is 3.53. The Morgan fingerprint density at radius 2 is 2.16 bits per heavy atom. The average Bonchev–Trinajstić information content (AvgIpc) is 2.34. The number of aliphatic hydroxyl groups excluding tert-OH is 1. The van der Waals surface area contributed by atoms with Crippen molar-refractivity contribution in [2.45, 2.75) is 20.3 Å². The van der Waals surface area contributed by atoms with Crippen LogP contribution in [0.1, 0.15) is 19.4 Å². The van der Waals surface area contributed by atoms with Crippen LogP contribution in [0.5, 0.6) is 0 Å². The van der Waals surface area contributed by atoms with Crippen LogP contribution in [0.15, 0.2) is 22.7 Å².